The number of aromatic nitrogens is 1. The third-order valence-electron chi connectivity index (χ3n) is 5.42. The number of benzene rings is 1. The topological polar surface area (TPSA) is 42.4 Å². The summed E-state index contributed by atoms with van der Waals surface area (Å²) in [5, 5.41) is 11.6. The molecule has 6 heteroatoms. The standard InChI is InChI=1S/C23H22BrF2NO2/c1-22(25,26)21-19(23(28,16-6-7-16)14-15-4-2-3-5-15)12-13-20(27-21)29-18-10-8-17(24)9-11-18/h2-5,8-13,15-16,28H,6-7,14H2,1H3. The monoisotopic (exact) mass is 461 g/mol. The first-order valence-electron chi connectivity index (χ1n) is 9.66. The lowest BCUT2D eigenvalue weighted by molar-refractivity contribution is -0.0228. The van der Waals surface area contributed by atoms with Gasteiger partial charge in [-0.3, -0.25) is 0 Å². The fourth-order valence-electron chi connectivity index (χ4n) is 3.84. The van der Waals surface area contributed by atoms with Crippen LogP contribution in [0.3, 0.4) is 0 Å². The van der Waals surface area contributed by atoms with Crippen LogP contribution in [0.4, 0.5) is 8.78 Å². The van der Waals surface area contributed by atoms with Crippen molar-refractivity contribution in [3.8, 4) is 11.6 Å². The number of hydrogen-bond donors (Lipinski definition) is 1. The van der Waals surface area contributed by atoms with Crippen molar-refractivity contribution in [1.82, 2.24) is 4.98 Å². The van der Waals surface area contributed by atoms with Crippen molar-refractivity contribution in [3.63, 3.8) is 0 Å². The molecule has 2 aromatic rings. The minimum atomic E-state index is -3.21. The summed E-state index contributed by atoms with van der Waals surface area (Å²) in [6, 6.07) is 10.2. The van der Waals surface area contributed by atoms with Crippen molar-refractivity contribution in [2.24, 2.45) is 11.8 Å². The van der Waals surface area contributed by atoms with Crippen LogP contribution in [0.5, 0.6) is 11.6 Å². The quantitative estimate of drug-likeness (QED) is 0.512. The molecule has 0 saturated heterocycles. The van der Waals surface area contributed by atoms with Gasteiger partial charge in [0.05, 0.1) is 5.60 Å². The summed E-state index contributed by atoms with van der Waals surface area (Å²) < 4.78 is 35.7. The highest BCUT2D eigenvalue weighted by molar-refractivity contribution is 9.10. The van der Waals surface area contributed by atoms with E-state index in [1.807, 2.05) is 24.3 Å². The third kappa shape index (κ3) is 4.43. The van der Waals surface area contributed by atoms with Crippen molar-refractivity contribution < 1.29 is 18.6 Å². The van der Waals surface area contributed by atoms with Crippen molar-refractivity contribution in [3.05, 3.63) is 76.4 Å². The smallest absolute Gasteiger partial charge is 0.287 e. The molecule has 1 fully saturated rings. The SMILES string of the molecule is CC(F)(F)c1nc(Oc2ccc(Br)cc2)ccc1C(O)(CC1C=CC=C1)C1CC1. The lowest BCUT2D eigenvalue weighted by Gasteiger charge is -2.33. The number of halogens is 3. The van der Waals surface area contributed by atoms with Crippen LogP contribution in [0.25, 0.3) is 0 Å². The Balaban J connectivity index is 1.70. The van der Waals surface area contributed by atoms with Crippen LogP contribution in [0, 0.1) is 11.8 Å². The van der Waals surface area contributed by atoms with E-state index in [1.165, 1.54) is 0 Å². The van der Waals surface area contributed by atoms with Gasteiger partial charge >= 0.3 is 0 Å². The minimum Gasteiger partial charge on any atom is -0.439 e. The molecule has 0 radical (unpaired) electrons. The Bertz CT molecular complexity index is 936. The van der Waals surface area contributed by atoms with Gasteiger partial charge < -0.3 is 9.84 Å². The van der Waals surface area contributed by atoms with Crippen LogP contribution >= 0.6 is 15.9 Å². The zero-order chi connectivity index (χ0) is 20.6. The molecule has 4 rings (SSSR count). The Kier molecular flexibility index (Phi) is 5.34. The van der Waals surface area contributed by atoms with E-state index in [9.17, 15) is 13.9 Å². The summed E-state index contributed by atoms with van der Waals surface area (Å²) in [6.07, 6.45) is 9.81. The molecule has 29 heavy (non-hydrogen) atoms. The number of aliphatic hydroxyl groups is 1. The number of alkyl halides is 2. The lowest BCUT2D eigenvalue weighted by Crippen LogP contribution is -2.34. The third-order valence-corrected chi connectivity index (χ3v) is 5.94. The maximum absolute atomic E-state index is 14.6. The minimum absolute atomic E-state index is 0.0256. The highest BCUT2D eigenvalue weighted by Crippen LogP contribution is 2.52. The van der Waals surface area contributed by atoms with Crippen LogP contribution < -0.4 is 4.74 Å². The summed E-state index contributed by atoms with van der Waals surface area (Å²) in [5.74, 6) is -2.65. The van der Waals surface area contributed by atoms with Gasteiger partial charge in [0.1, 0.15) is 11.4 Å². The molecule has 1 heterocycles. The Labute approximate surface area is 177 Å². The molecule has 0 aliphatic heterocycles. The van der Waals surface area contributed by atoms with Crippen molar-refractivity contribution in [1.29, 1.82) is 0 Å². The van der Waals surface area contributed by atoms with E-state index >= 15 is 0 Å². The molecule has 0 spiro atoms. The molecule has 3 nitrogen and oxygen atoms in total. The van der Waals surface area contributed by atoms with Gasteiger partial charge in [-0.05, 0) is 61.4 Å². The Morgan fingerprint density at radius 3 is 2.34 bits per heavy atom. The molecule has 0 bridgehead atoms. The van der Waals surface area contributed by atoms with Crippen LogP contribution in [-0.2, 0) is 11.5 Å². The van der Waals surface area contributed by atoms with Crippen LogP contribution in [0.1, 0.15) is 37.4 Å². The van der Waals surface area contributed by atoms with Gasteiger partial charge in [0.15, 0.2) is 0 Å². The molecule has 1 aromatic carbocycles. The van der Waals surface area contributed by atoms with Crippen molar-refractivity contribution in [2.75, 3.05) is 0 Å². The molecule has 1 N–H and O–H groups in total. The first-order valence-corrected chi connectivity index (χ1v) is 10.5. The summed E-state index contributed by atoms with van der Waals surface area (Å²) >= 11 is 3.35. The van der Waals surface area contributed by atoms with E-state index in [0.717, 1.165) is 24.2 Å². The van der Waals surface area contributed by atoms with Crippen LogP contribution in [0.2, 0.25) is 0 Å². The molecular weight excluding hydrogens is 440 g/mol. The summed E-state index contributed by atoms with van der Waals surface area (Å²) in [4.78, 5) is 4.13. The van der Waals surface area contributed by atoms with Crippen LogP contribution in [0.15, 0.2) is 65.2 Å². The first kappa shape index (κ1) is 20.2. The number of pyridine rings is 1. The zero-order valence-electron chi connectivity index (χ0n) is 16.0. The molecule has 0 amide bonds. The van der Waals surface area contributed by atoms with E-state index in [4.69, 9.17) is 4.74 Å². The van der Waals surface area contributed by atoms with Gasteiger partial charge in [-0.25, -0.2) is 4.98 Å². The van der Waals surface area contributed by atoms with E-state index in [1.54, 1.807) is 36.4 Å². The predicted molar refractivity (Wildman–Crippen MR) is 111 cm³/mol. The summed E-state index contributed by atoms with van der Waals surface area (Å²) in [5.41, 5.74) is -1.57. The second-order valence-electron chi connectivity index (χ2n) is 7.83. The fraction of sp³-hybridized carbons (Fsp3) is 0.348. The molecule has 2 aliphatic carbocycles. The molecular formula is C23H22BrF2NO2. The van der Waals surface area contributed by atoms with Gasteiger partial charge in [-0.15, -0.1) is 0 Å². The highest BCUT2D eigenvalue weighted by Gasteiger charge is 2.49. The van der Waals surface area contributed by atoms with E-state index < -0.39 is 17.2 Å². The Morgan fingerprint density at radius 2 is 1.76 bits per heavy atom. The van der Waals surface area contributed by atoms with Gasteiger partial charge in [0, 0.05) is 23.0 Å². The van der Waals surface area contributed by atoms with E-state index in [0.29, 0.717) is 12.2 Å². The molecule has 152 valence electrons. The van der Waals surface area contributed by atoms with Gasteiger partial charge in [-0.1, -0.05) is 40.2 Å². The molecule has 1 atom stereocenters. The molecule has 2 aliphatic rings. The molecule has 1 aromatic heterocycles. The maximum atomic E-state index is 14.6. The second kappa shape index (κ2) is 7.65. The molecule has 1 unspecified atom stereocenters. The number of rotatable bonds is 7. The summed E-state index contributed by atoms with van der Waals surface area (Å²) in [6.45, 7) is 0.810. The van der Waals surface area contributed by atoms with Crippen molar-refractivity contribution >= 4 is 15.9 Å². The van der Waals surface area contributed by atoms with Crippen molar-refractivity contribution in [2.45, 2.75) is 37.7 Å². The highest BCUT2D eigenvalue weighted by atomic mass is 79.9. The summed E-state index contributed by atoms with van der Waals surface area (Å²) in [7, 11) is 0. The number of allylic oxidation sites excluding steroid dienone is 4. The van der Waals surface area contributed by atoms with Gasteiger partial charge in [0.25, 0.3) is 5.92 Å². The largest absolute Gasteiger partial charge is 0.439 e. The molecule has 1 saturated carbocycles. The average Bonchev–Trinajstić information content (AvgIpc) is 3.42. The maximum Gasteiger partial charge on any atom is 0.287 e. The number of ether oxygens (including phenoxy) is 1. The zero-order valence-corrected chi connectivity index (χ0v) is 17.6. The first-order chi connectivity index (χ1) is 13.8. The number of hydrogen-bond acceptors (Lipinski definition) is 3. The lowest BCUT2D eigenvalue weighted by atomic mass is 9.79. The normalized spacial score (nSPS) is 18.8. The average molecular weight is 462 g/mol. The second-order valence-corrected chi connectivity index (χ2v) is 8.74. The van der Waals surface area contributed by atoms with Gasteiger partial charge in [-0.2, -0.15) is 8.78 Å². The predicted octanol–water partition coefficient (Wildman–Crippen LogP) is 6.48. The van der Waals surface area contributed by atoms with Gasteiger partial charge in [0.2, 0.25) is 5.88 Å². The Hall–Kier alpha value is -2.05. The van der Waals surface area contributed by atoms with E-state index in [-0.39, 0.29) is 23.3 Å². The van der Waals surface area contributed by atoms with Crippen LogP contribution in [-0.4, -0.2) is 10.1 Å². The fourth-order valence-corrected chi connectivity index (χ4v) is 4.10. The van der Waals surface area contributed by atoms with E-state index in [2.05, 4.69) is 20.9 Å². The Morgan fingerprint density at radius 1 is 1.10 bits per heavy atom. The number of nitrogens with zero attached hydrogens (tertiary/aromatic N) is 1.